The van der Waals surface area contributed by atoms with Gasteiger partial charge in [-0.1, -0.05) is 66.7 Å². The average molecular weight is 425 g/mol. The Bertz CT molecular complexity index is 1290. The van der Waals surface area contributed by atoms with Crippen LogP contribution < -0.4 is 5.43 Å². The smallest absolute Gasteiger partial charge is 0.272 e. The van der Waals surface area contributed by atoms with Crippen LogP contribution >= 0.6 is 0 Å². The quantitative estimate of drug-likeness (QED) is 0.262. The van der Waals surface area contributed by atoms with Gasteiger partial charge in [-0.25, -0.2) is 5.43 Å². The maximum atomic E-state index is 12.4. The van der Waals surface area contributed by atoms with Crippen LogP contribution in [-0.2, 0) is 0 Å². The van der Waals surface area contributed by atoms with Gasteiger partial charge in [-0.15, -0.1) is 0 Å². The van der Waals surface area contributed by atoms with Gasteiger partial charge in [0.1, 0.15) is 5.69 Å². The minimum atomic E-state index is -0.478. The molecule has 0 aliphatic carbocycles. The van der Waals surface area contributed by atoms with Crippen molar-refractivity contribution in [1.82, 2.24) is 15.6 Å². The summed E-state index contributed by atoms with van der Waals surface area (Å²) < 4.78 is 0. The first-order valence-corrected chi connectivity index (χ1v) is 9.82. The monoisotopic (exact) mass is 425 g/mol. The van der Waals surface area contributed by atoms with E-state index < -0.39 is 10.8 Å². The molecule has 0 saturated heterocycles. The molecule has 1 heterocycles. The van der Waals surface area contributed by atoms with Crippen LogP contribution in [0.5, 0.6) is 0 Å². The molecule has 4 rings (SSSR count). The van der Waals surface area contributed by atoms with Crippen LogP contribution in [0.15, 0.2) is 90.0 Å². The molecule has 8 nitrogen and oxygen atoms in total. The van der Waals surface area contributed by atoms with Gasteiger partial charge in [0, 0.05) is 23.3 Å². The summed E-state index contributed by atoms with van der Waals surface area (Å²) in [6.45, 7) is 1.66. The highest BCUT2D eigenvalue weighted by atomic mass is 16.6. The highest BCUT2D eigenvalue weighted by Crippen LogP contribution is 2.24. The Morgan fingerprint density at radius 1 is 0.938 bits per heavy atom. The molecule has 32 heavy (non-hydrogen) atoms. The number of nitro benzene ring substituents is 1. The van der Waals surface area contributed by atoms with E-state index in [0.717, 1.165) is 16.7 Å². The zero-order chi connectivity index (χ0) is 22.5. The molecule has 0 bridgehead atoms. The molecular weight excluding hydrogens is 406 g/mol. The summed E-state index contributed by atoms with van der Waals surface area (Å²) in [6.07, 6.45) is 0. The summed E-state index contributed by atoms with van der Waals surface area (Å²) in [5.41, 5.74) is 7.37. The Kier molecular flexibility index (Phi) is 5.85. The molecular formula is C24H19N5O3. The largest absolute Gasteiger partial charge is 0.289 e. The lowest BCUT2D eigenvalue weighted by Gasteiger charge is -2.02. The van der Waals surface area contributed by atoms with Gasteiger partial charge in [0.2, 0.25) is 0 Å². The fourth-order valence-electron chi connectivity index (χ4n) is 3.15. The highest BCUT2D eigenvalue weighted by molar-refractivity contribution is 6.01. The van der Waals surface area contributed by atoms with Crippen LogP contribution in [0.25, 0.3) is 22.4 Å². The summed E-state index contributed by atoms with van der Waals surface area (Å²) in [6, 6.07) is 25.7. The third-order valence-electron chi connectivity index (χ3n) is 4.91. The molecule has 1 amide bonds. The molecule has 0 unspecified atom stereocenters. The Morgan fingerprint density at radius 3 is 2.34 bits per heavy atom. The molecule has 0 atom stereocenters. The number of rotatable bonds is 6. The van der Waals surface area contributed by atoms with Crippen molar-refractivity contribution in [3.63, 3.8) is 0 Å². The standard InChI is InChI=1S/C24H19N5O3/c1-16(20-8-5-9-21(14-20)29(31)32)25-28-24(30)23-15-22(26-27-23)19-12-10-18(11-13-19)17-6-3-2-4-7-17/h2-15H,1H3,(H,26,27)(H,28,30)/b25-16-. The Balaban J connectivity index is 1.45. The van der Waals surface area contributed by atoms with E-state index in [4.69, 9.17) is 0 Å². The predicted octanol–water partition coefficient (Wildman–Crippen LogP) is 4.81. The molecule has 0 fully saturated rings. The molecule has 4 aromatic rings. The number of nitrogens with one attached hydrogen (secondary N) is 2. The molecule has 2 N–H and O–H groups in total. The van der Waals surface area contributed by atoms with Crippen LogP contribution in [0, 0.1) is 10.1 Å². The Morgan fingerprint density at radius 2 is 1.62 bits per heavy atom. The topological polar surface area (TPSA) is 113 Å². The summed E-state index contributed by atoms with van der Waals surface area (Å²) in [5, 5.41) is 21.9. The van der Waals surface area contributed by atoms with Gasteiger partial charge >= 0.3 is 0 Å². The predicted molar refractivity (Wildman–Crippen MR) is 122 cm³/mol. The van der Waals surface area contributed by atoms with Gasteiger partial charge in [0.25, 0.3) is 11.6 Å². The van der Waals surface area contributed by atoms with Crippen molar-refractivity contribution >= 4 is 17.3 Å². The number of amides is 1. The zero-order valence-corrected chi connectivity index (χ0v) is 17.1. The number of benzene rings is 3. The molecule has 0 aliphatic rings. The van der Waals surface area contributed by atoms with Crippen LogP contribution in [0.2, 0.25) is 0 Å². The van der Waals surface area contributed by atoms with Crippen LogP contribution in [-0.4, -0.2) is 26.7 Å². The van der Waals surface area contributed by atoms with Crippen molar-refractivity contribution in [1.29, 1.82) is 0 Å². The minimum absolute atomic E-state index is 0.0418. The third-order valence-corrected chi connectivity index (χ3v) is 4.91. The van der Waals surface area contributed by atoms with Crippen LogP contribution in [0.4, 0.5) is 5.69 Å². The first-order valence-electron chi connectivity index (χ1n) is 9.82. The fraction of sp³-hybridized carbons (Fsp3) is 0.0417. The number of carbonyl (C=O) groups excluding carboxylic acids is 1. The number of nitro groups is 1. The molecule has 0 radical (unpaired) electrons. The van der Waals surface area contributed by atoms with E-state index in [0.29, 0.717) is 17.0 Å². The van der Waals surface area contributed by atoms with Crippen molar-refractivity contribution in [3.05, 3.63) is 106 Å². The number of aromatic nitrogens is 2. The van der Waals surface area contributed by atoms with E-state index >= 15 is 0 Å². The maximum Gasteiger partial charge on any atom is 0.289 e. The molecule has 158 valence electrons. The van der Waals surface area contributed by atoms with Gasteiger partial charge in [-0.2, -0.15) is 10.2 Å². The minimum Gasteiger partial charge on any atom is -0.272 e. The lowest BCUT2D eigenvalue weighted by atomic mass is 10.0. The summed E-state index contributed by atoms with van der Waals surface area (Å²) >= 11 is 0. The fourth-order valence-corrected chi connectivity index (χ4v) is 3.15. The average Bonchev–Trinajstić information content (AvgIpc) is 3.33. The molecule has 1 aromatic heterocycles. The number of hydrogen-bond acceptors (Lipinski definition) is 5. The SMILES string of the molecule is C/C(=N/NC(=O)c1cc(-c2ccc(-c3ccccc3)cc2)n[nH]1)c1cccc([N+](=O)[O-])c1. The van der Waals surface area contributed by atoms with Crippen LogP contribution in [0.1, 0.15) is 23.0 Å². The summed E-state index contributed by atoms with van der Waals surface area (Å²) in [5.74, 6) is -0.463. The number of aromatic amines is 1. The normalized spacial score (nSPS) is 11.2. The number of hydrazone groups is 1. The van der Waals surface area contributed by atoms with Gasteiger partial charge in [-0.05, 0) is 24.1 Å². The van der Waals surface area contributed by atoms with Crippen molar-refractivity contribution in [3.8, 4) is 22.4 Å². The first kappa shape index (κ1) is 20.7. The van der Waals surface area contributed by atoms with E-state index in [1.54, 1.807) is 25.1 Å². The Hall–Kier alpha value is -4.59. The molecule has 0 aliphatic heterocycles. The second-order valence-corrected chi connectivity index (χ2v) is 7.06. The molecule has 3 aromatic carbocycles. The second-order valence-electron chi connectivity index (χ2n) is 7.06. The van der Waals surface area contributed by atoms with E-state index in [9.17, 15) is 14.9 Å². The van der Waals surface area contributed by atoms with E-state index in [-0.39, 0.29) is 11.4 Å². The second kappa shape index (κ2) is 9.05. The molecule has 8 heteroatoms. The Labute approximate surface area is 183 Å². The van der Waals surface area contributed by atoms with Gasteiger partial charge in [0.15, 0.2) is 0 Å². The number of hydrogen-bond donors (Lipinski definition) is 2. The number of carbonyl (C=O) groups is 1. The maximum absolute atomic E-state index is 12.4. The highest BCUT2D eigenvalue weighted by Gasteiger charge is 2.12. The number of H-pyrrole nitrogens is 1. The first-order chi connectivity index (χ1) is 15.5. The summed E-state index contributed by atoms with van der Waals surface area (Å²) in [4.78, 5) is 22.9. The van der Waals surface area contributed by atoms with E-state index in [1.165, 1.54) is 12.1 Å². The molecule has 0 saturated carbocycles. The van der Waals surface area contributed by atoms with Crippen molar-refractivity contribution in [2.45, 2.75) is 6.92 Å². The zero-order valence-electron chi connectivity index (χ0n) is 17.1. The number of non-ortho nitro benzene ring substituents is 1. The number of nitrogens with zero attached hydrogens (tertiary/aromatic N) is 3. The van der Waals surface area contributed by atoms with Crippen molar-refractivity contribution < 1.29 is 9.72 Å². The third kappa shape index (κ3) is 4.59. The molecule has 0 spiro atoms. The van der Waals surface area contributed by atoms with Gasteiger partial charge in [-0.3, -0.25) is 20.0 Å². The summed E-state index contributed by atoms with van der Waals surface area (Å²) in [7, 11) is 0. The van der Waals surface area contributed by atoms with Crippen LogP contribution in [0.3, 0.4) is 0 Å². The van der Waals surface area contributed by atoms with Gasteiger partial charge < -0.3 is 0 Å². The van der Waals surface area contributed by atoms with E-state index in [1.807, 2.05) is 54.6 Å². The van der Waals surface area contributed by atoms with E-state index in [2.05, 4.69) is 20.7 Å². The van der Waals surface area contributed by atoms with Crippen molar-refractivity contribution in [2.24, 2.45) is 5.10 Å². The lowest BCUT2D eigenvalue weighted by molar-refractivity contribution is -0.384. The lowest BCUT2D eigenvalue weighted by Crippen LogP contribution is -2.19. The van der Waals surface area contributed by atoms with Crippen molar-refractivity contribution in [2.75, 3.05) is 0 Å². The van der Waals surface area contributed by atoms with Gasteiger partial charge in [0.05, 0.1) is 16.3 Å².